The van der Waals surface area contributed by atoms with Gasteiger partial charge in [0.25, 0.3) is 0 Å². The van der Waals surface area contributed by atoms with Crippen molar-refractivity contribution in [1.29, 1.82) is 0 Å². The van der Waals surface area contributed by atoms with Gasteiger partial charge < -0.3 is 20.7 Å². The van der Waals surface area contributed by atoms with Crippen LogP contribution >= 0.6 is 24.0 Å². The predicted molar refractivity (Wildman–Crippen MR) is 117 cm³/mol. The van der Waals surface area contributed by atoms with Crippen molar-refractivity contribution in [2.45, 2.75) is 70.8 Å². The van der Waals surface area contributed by atoms with Crippen LogP contribution in [0.3, 0.4) is 0 Å². The molecule has 0 aromatic rings. The number of rotatable bonds is 10. The molecule has 0 radical (unpaired) electrons. The Hall–Kier alpha value is -0.570. The molecule has 152 valence electrons. The van der Waals surface area contributed by atoms with E-state index in [0.717, 1.165) is 51.2 Å². The Bertz CT molecular complexity index is 435. The first-order valence-corrected chi connectivity index (χ1v) is 10.1. The Morgan fingerprint density at radius 3 is 2.38 bits per heavy atom. The highest BCUT2D eigenvalue weighted by molar-refractivity contribution is 14.0. The number of ether oxygens (including phenoxy) is 1. The van der Waals surface area contributed by atoms with Gasteiger partial charge in [0.2, 0.25) is 5.91 Å². The minimum absolute atomic E-state index is 0. The molecule has 0 aliphatic heterocycles. The van der Waals surface area contributed by atoms with Gasteiger partial charge in [-0.05, 0) is 39.0 Å². The zero-order valence-corrected chi connectivity index (χ0v) is 18.8. The molecule has 26 heavy (non-hydrogen) atoms. The molecule has 2 fully saturated rings. The van der Waals surface area contributed by atoms with Crippen molar-refractivity contribution in [1.82, 2.24) is 16.0 Å². The molecule has 0 bridgehead atoms. The Kier molecular flexibility index (Phi) is 11.5. The molecule has 0 aromatic carbocycles. The van der Waals surface area contributed by atoms with Gasteiger partial charge in [-0.15, -0.1) is 24.0 Å². The molecule has 0 saturated heterocycles. The second-order valence-corrected chi connectivity index (χ2v) is 7.28. The van der Waals surface area contributed by atoms with Crippen molar-refractivity contribution >= 4 is 35.8 Å². The summed E-state index contributed by atoms with van der Waals surface area (Å²) >= 11 is 0. The largest absolute Gasteiger partial charge is 0.373 e. The minimum atomic E-state index is -0.0865. The fourth-order valence-corrected chi connectivity index (χ4v) is 3.28. The van der Waals surface area contributed by atoms with Crippen LogP contribution in [0.4, 0.5) is 0 Å². The normalized spacial score (nSPS) is 19.4. The number of hydrogen-bond donors (Lipinski definition) is 3. The molecule has 6 nitrogen and oxygen atoms in total. The zero-order valence-electron chi connectivity index (χ0n) is 16.4. The summed E-state index contributed by atoms with van der Waals surface area (Å²) in [4.78, 5) is 16.4. The van der Waals surface area contributed by atoms with E-state index in [0.29, 0.717) is 19.6 Å². The Balaban J connectivity index is 0.00000338. The lowest BCUT2D eigenvalue weighted by Gasteiger charge is -2.36. The first kappa shape index (κ1) is 23.5. The van der Waals surface area contributed by atoms with Crippen molar-refractivity contribution in [2.75, 3.05) is 32.8 Å². The summed E-state index contributed by atoms with van der Waals surface area (Å²) in [6.45, 7) is 7.88. The average molecular weight is 480 g/mol. The van der Waals surface area contributed by atoms with Gasteiger partial charge >= 0.3 is 0 Å². The quantitative estimate of drug-likeness (QED) is 0.195. The van der Waals surface area contributed by atoms with E-state index >= 15 is 0 Å². The van der Waals surface area contributed by atoms with Crippen LogP contribution in [0.5, 0.6) is 0 Å². The highest BCUT2D eigenvalue weighted by atomic mass is 127. The lowest BCUT2D eigenvalue weighted by atomic mass is 9.84. The molecule has 0 spiro atoms. The molecule has 2 rings (SSSR count). The molecule has 3 N–H and O–H groups in total. The molecule has 2 saturated carbocycles. The number of carbonyl (C=O) groups excluding carboxylic acids is 1. The second-order valence-electron chi connectivity index (χ2n) is 7.28. The fraction of sp³-hybridized carbons (Fsp3) is 0.895. The molecular weight excluding hydrogens is 443 g/mol. The van der Waals surface area contributed by atoms with Crippen molar-refractivity contribution in [3.8, 4) is 0 Å². The van der Waals surface area contributed by atoms with E-state index in [2.05, 4.69) is 29.8 Å². The minimum Gasteiger partial charge on any atom is -0.373 e. The van der Waals surface area contributed by atoms with Gasteiger partial charge in [0, 0.05) is 32.2 Å². The monoisotopic (exact) mass is 480 g/mol. The number of amides is 1. The van der Waals surface area contributed by atoms with Crippen LogP contribution < -0.4 is 16.0 Å². The topological polar surface area (TPSA) is 74.8 Å². The average Bonchev–Trinajstić information content (AvgIpc) is 3.47. The smallest absolute Gasteiger partial charge is 0.223 e. The van der Waals surface area contributed by atoms with Gasteiger partial charge in [-0.3, -0.25) is 9.79 Å². The summed E-state index contributed by atoms with van der Waals surface area (Å²) < 4.78 is 6.22. The number of guanidine groups is 1. The molecule has 7 heteroatoms. The highest BCUT2D eigenvalue weighted by Crippen LogP contribution is 2.32. The summed E-state index contributed by atoms with van der Waals surface area (Å²) in [5.74, 6) is 1.27. The van der Waals surface area contributed by atoms with Gasteiger partial charge in [0.05, 0.1) is 12.1 Å². The molecule has 0 heterocycles. The van der Waals surface area contributed by atoms with E-state index in [4.69, 9.17) is 9.73 Å². The van der Waals surface area contributed by atoms with Gasteiger partial charge in [-0.25, -0.2) is 0 Å². The maximum absolute atomic E-state index is 11.6. The molecule has 2 aliphatic carbocycles. The number of carbonyl (C=O) groups is 1. The first-order valence-electron chi connectivity index (χ1n) is 10.1. The molecule has 0 atom stereocenters. The van der Waals surface area contributed by atoms with Gasteiger partial charge in [0.15, 0.2) is 5.96 Å². The molecular formula is C19H37IN4O2. The number of nitrogens with one attached hydrogen (secondary N) is 3. The predicted octanol–water partition coefficient (Wildman–Crippen LogP) is 2.82. The van der Waals surface area contributed by atoms with E-state index < -0.39 is 0 Å². The number of nitrogens with zero attached hydrogens (tertiary/aromatic N) is 1. The third-order valence-electron chi connectivity index (χ3n) is 4.91. The molecule has 1 amide bonds. The van der Waals surface area contributed by atoms with Crippen molar-refractivity contribution in [3.05, 3.63) is 0 Å². The Morgan fingerprint density at radius 2 is 1.77 bits per heavy atom. The third-order valence-corrected chi connectivity index (χ3v) is 4.91. The van der Waals surface area contributed by atoms with Crippen LogP contribution in [0.25, 0.3) is 0 Å². The lowest BCUT2D eigenvalue weighted by molar-refractivity contribution is -0.122. The summed E-state index contributed by atoms with van der Waals surface area (Å²) in [6, 6.07) is 0. The number of hydrogen-bond acceptors (Lipinski definition) is 3. The SMILES string of the molecule is CCCOC1(CN=C(NCC)NCCNC(=O)C2CC2)CCCCC1.I. The van der Waals surface area contributed by atoms with Crippen LogP contribution in [0.1, 0.15) is 65.2 Å². The molecule has 0 aromatic heterocycles. The summed E-state index contributed by atoms with van der Waals surface area (Å²) in [5.41, 5.74) is -0.0865. The van der Waals surface area contributed by atoms with E-state index in [1.807, 2.05) is 0 Å². The van der Waals surface area contributed by atoms with Crippen molar-refractivity contribution in [2.24, 2.45) is 10.9 Å². The van der Waals surface area contributed by atoms with E-state index in [1.165, 1.54) is 19.3 Å². The van der Waals surface area contributed by atoms with Crippen LogP contribution in [0.2, 0.25) is 0 Å². The molecule has 0 unspecified atom stereocenters. The maximum atomic E-state index is 11.6. The van der Waals surface area contributed by atoms with Gasteiger partial charge in [-0.2, -0.15) is 0 Å². The Morgan fingerprint density at radius 1 is 1.08 bits per heavy atom. The summed E-state index contributed by atoms with van der Waals surface area (Å²) in [6.07, 6.45) is 9.12. The Labute approximate surface area is 175 Å². The molecule has 2 aliphatic rings. The first-order chi connectivity index (χ1) is 12.2. The lowest BCUT2D eigenvalue weighted by Crippen LogP contribution is -2.44. The highest BCUT2D eigenvalue weighted by Gasteiger charge is 2.32. The van der Waals surface area contributed by atoms with Crippen molar-refractivity contribution < 1.29 is 9.53 Å². The number of aliphatic imine (C=N–C) groups is 1. The van der Waals surface area contributed by atoms with Gasteiger partial charge in [0.1, 0.15) is 0 Å². The third kappa shape index (κ3) is 8.41. The van der Waals surface area contributed by atoms with E-state index in [1.54, 1.807) is 0 Å². The zero-order chi connectivity index (χ0) is 18.0. The van der Waals surface area contributed by atoms with Crippen LogP contribution in [0, 0.1) is 5.92 Å². The summed E-state index contributed by atoms with van der Waals surface area (Å²) in [7, 11) is 0. The van der Waals surface area contributed by atoms with E-state index in [-0.39, 0.29) is 41.4 Å². The second kappa shape index (κ2) is 12.8. The standard InChI is InChI=1S/C19H36N4O2.HI/c1-3-14-25-19(10-6-5-7-11-19)15-23-18(20-4-2)22-13-12-21-17(24)16-8-9-16;/h16H,3-15H2,1-2H3,(H,21,24)(H2,20,22,23);1H. The number of halogens is 1. The van der Waals surface area contributed by atoms with E-state index in [9.17, 15) is 4.79 Å². The summed E-state index contributed by atoms with van der Waals surface area (Å²) in [5, 5.41) is 9.58. The van der Waals surface area contributed by atoms with Crippen LogP contribution in [-0.2, 0) is 9.53 Å². The van der Waals surface area contributed by atoms with Gasteiger partial charge in [-0.1, -0.05) is 26.2 Å². The van der Waals surface area contributed by atoms with Crippen molar-refractivity contribution in [3.63, 3.8) is 0 Å². The fourth-order valence-electron chi connectivity index (χ4n) is 3.28. The van der Waals surface area contributed by atoms with Crippen LogP contribution in [0.15, 0.2) is 4.99 Å². The van der Waals surface area contributed by atoms with Crippen LogP contribution in [-0.4, -0.2) is 50.3 Å². The maximum Gasteiger partial charge on any atom is 0.223 e.